The van der Waals surface area contributed by atoms with Crippen molar-refractivity contribution in [3.8, 4) is 22.6 Å². The van der Waals surface area contributed by atoms with Crippen LogP contribution in [-0.2, 0) is 22.0 Å². The Balaban J connectivity index is 1.53. The highest BCUT2D eigenvalue weighted by Crippen LogP contribution is 2.39. The minimum Gasteiger partial charge on any atom is -0.494 e. The molecule has 0 bridgehead atoms. The lowest BCUT2D eigenvalue weighted by atomic mass is 9.90. The summed E-state index contributed by atoms with van der Waals surface area (Å²) in [6.45, 7) is 9.03. The van der Waals surface area contributed by atoms with Crippen LogP contribution in [0.3, 0.4) is 0 Å². The SMILES string of the molecule is CCS(=O)CCCOc1cc(C)c(-c2ccc(C)c(C3COc4cc(CCC(=O)O)c(F)cc4N3)c2)c(C)c1. The van der Waals surface area contributed by atoms with Crippen molar-refractivity contribution in [1.82, 2.24) is 0 Å². The van der Waals surface area contributed by atoms with Gasteiger partial charge in [0.25, 0.3) is 0 Å². The minimum absolute atomic E-state index is 0.116. The Morgan fingerprint density at radius 2 is 1.87 bits per heavy atom. The first kappa shape index (κ1) is 28.6. The number of rotatable bonds is 11. The van der Waals surface area contributed by atoms with Crippen LogP contribution >= 0.6 is 0 Å². The van der Waals surface area contributed by atoms with Gasteiger partial charge in [0.2, 0.25) is 0 Å². The second-order valence-electron chi connectivity index (χ2n) is 9.98. The van der Waals surface area contributed by atoms with Gasteiger partial charge in [-0.2, -0.15) is 0 Å². The van der Waals surface area contributed by atoms with E-state index in [1.54, 1.807) is 6.07 Å². The summed E-state index contributed by atoms with van der Waals surface area (Å²) in [6, 6.07) is 13.3. The van der Waals surface area contributed by atoms with Gasteiger partial charge in [-0.3, -0.25) is 9.00 Å². The zero-order valence-electron chi connectivity index (χ0n) is 22.9. The molecule has 1 aliphatic rings. The molecule has 2 unspecified atom stereocenters. The van der Waals surface area contributed by atoms with E-state index in [1.165, 1.54) is 6.07 Å². The molecular formula is C31H36FNO5S. The number of aryl methyl sites for hydroxylation is 4. The summed E-state index contributed by atoms with van der Waals surface area (Å²) in [5.41, 5.74) is 7.49. The predicted octanol–water partition coefficient (Wildman–Crippen LogP) is 6.52. The molecule has 0 aliphatic carbocycles. The highest BCUT2D eigenvalue weighted by atomic mass is 32.2. The van der Waals surface area contributed by atoms with Crippen LogP contribution in [0.25, 0.3) is 11.1 Å². The summed E-state index contributed by atoms with van der Waals surface area (Å²) >= 11 is 0. The lowest BCUT2D eigenvalue weighted by Crippen LogP contribution is -2.25. The largest absolute Gasteiger partial charge is 0.494 e. The van der Waals surface area contributed by atoms with Crippen LogP contribution in [0.1, 0.15) is 53.6 Å². The van der Waals surface area contributed by atoms with E-state index >= 15 is 0 Å². The molecule has 0 aromatic heterocycles. The van der Waals surface area contributed by atoms with Crippen molar-refractivity contribution < 1.29 is 28.0 Å². The lowest BCUT2D eigenvalue weighted by Gasteiger charge is -2.30. The van der Waals surface area contributed by atoms with Crippen molar-refractivity contribution in [3.05, 3.63) is 76.1 Å². The molecule has 8 heteroatoms. The van der Waals surface area contributed by atoms with Crippen molar-refractivity contribution in [1.29, 1.82) is 0 Å². The Kier molecular flexibility index (Phi) is 9.28. The van der Waals surface area contributed by atoms with Crippen LogP contribution < -0.4 is 14.8 Å². The fourth-order valence-corrected chi connectivity index (χ4v) is 5.75. The molecule has 2 atom stereocenters. The van der Waals surface area contributed by atoms with Crippen molar-refractivity contribution in [2.75, 3.05) is 30.0 Å². The molecule has 4 rings (SSSR count). The van der Waals surface area contributed by atoms with Crippen molar-refractivity contribution in [2.24, 2.45) is 0 Å². The molecule has 208 valence electrons. The summed E-state index contributed by atoms with van der Waals surface area (Å²) in [5, 5.41) is 12.4. The number of fused-ring (bicyclic) bond motifs is 1. The fourth-order valence-electron chi connectivity index (χ4n) is 5.02. The molecule has 3 aromatic carbocycles. The maximum absolute atomic E-state index is 14.7. The van der Waals surface area contributed by atoms with E-state index in [-0.39, 0.29) is 18.9 Å². The molecule has 0 amide bonds. The Labute approximate surface area is 232 Å². The average Bonchev–Trinajstić information content (AvgIpc) is 2.90. The van der Waals surface area contributed by atoms with E-state index in [9.17, 15) is 13.4 Å². The number of benzene rings is 3. The molecule has 0 spiro atoms. The quantitative estimate of drug-likeness (QED) is 0.263. The van der Waals surface area contributed by atoms with Crippen LogP contribution in [0.2, 0.25) is 0 Å². The summed E-state index contributed by atoms with van der Waals surface area (Å²) in [4.78, 5) is 10.9. The number of hydrogen-bond donors (Lipinski definition) is 2. The van der Waals surface area contributed by atoms with Crippen LogP contribution in [0.5, 0.6) is 11.5 Å². The van der Waals surface area contributed by atoms with Crippen molar-refractivity contribution in [3.63, 3.8) is 0 Å². The Hall–Kier alpha value is -3.39. The van der Waals surface area contributed by atoms with E-state index in [0.29, 0.717) is 41.7 Å². The Morgan fingerprint density at radius 1 is 1.13 bits per heavy atom. The molecule has 0 saturated carbocycles. The number of aliphatic carboxylic acids is 1. The first-order valence-corrected chi connectivity index (χ1v) is 14.8. The third-order valence-corrected chi connectivity index (χ3v) is 8.44. The van der Waals surface area contributed by atoms with Gasteiger partial charge in [-0.1, -0.05) is 19.1 Å². The topological polar surface area (TPSA) is 84.9 Å². The van der Waals surface area contributed by atoms with Gasteiger partial charge in [-0.15, -0.1) is 0 Å². The van der Waals surface area contributed by atoms with E-state index in [2.05, 4.69) is 37.4 Å². The fraction of sp³-hybridized carbons (Fsp3) is 0.387. The molecule has 1 heterocycles. The molecule has 0 saturated heterocycles. The van der Waals surface area contributed by atoms with Gasteiger partial charge in [-0.05, 0) is 96.8 Å². The summed E-state index contributed by atoms with van der Waals surface area (Å²) < 4.78 is 38.3. The number of hydrogen-bond acceptors (Lipinski definition) is 5. The second-order valence-corrected chi connectivity index (χ2v) is 11.8. The van der Waals surface area contributed by atoms with Gasteiger partial charge in [-0.25, -0.2) is 4.39 Å². The highest BCUT2D eigenvalue weighted by Gasteiger charge is 2.24. The summed E-state index contributed by atoms with van der Waals surface area (Å²) in [7, 11) is -0.778. The van der Waals surface area contributed by atoms with Gasteiger partial charge < -0.3 is 19.9 Å². The zero-order valence-corrected chi connectivity index (χ0v) is 23.8. The average molecular weight is 554 g/mol. The predicted molar refractivity (Wildman–Crippen MR) is 154 cm³/mol. The summed E-state index contributed by atoms with van der Waals surface area (Å²) in [6.07, 6.45) is 0.740. The monoisotopic (exact) mass is 553 g/mol. The standard InChI is InChI=1S/C31H36FNO5S/c1-5-39(36)12-6-11-37-24-13-20(3)31(21(4)14-24)23-8-7-19(2)25(15-23)28-18-38-29-16-22(9-10-30(34)35)26(32)17-27(29)33-28/h7-8,13-17,28,33H,5-6,9-12,18H2,1-4H3,(H,34,35). The molecule has 39 heavy (non-hydrogen) atoms. The molecular weight excluding hydrogens is 517 g/mol. The number of ether oxygens (including phenoxy) is 2. The van der Waals surface area contributed by atoms with E-state index in [1.807, 2.05) is 26.0 Å². The van der Waals surface area contributed by atoms with Crippen LogP contribution in [-0.4, -0.2) is 40.0 Å². The number of halogens is 1. The summed E-state index contributed by atoms with van der Waals surface area (Å²) in [5.74, 6) is 1.27. The van der Waals surface area contributed by atoms with Crippen LogP contribution in [0.15, 0.2) is 42.5 Å². The minimum atomic E-state index is -0.963. The molecule has 6 nitrogen and oxygen atoms in total. The van der Waals surface area contributed by atoms with Gasteiger partial charge in [0, 0.05) is 34.8 Å². The number of carboxylic acid groups (broad SMARTS) is 1. The molecule has 3 aromatic rings. The molecule has 0 fully saturated rings. The maximum Gasteiger partial charge on any atom is 0.303 e. The third kappa shape index (κ3) is 6.98. The lowest BCUT2D eigenvalue weighted by molar-refractivity contribution is -0.136. The van der Waals surface area contributed by atoms with Gasteiger partial charge >= 0.3 is 5.97 Å². The Morgan fingerprint density at radius 3 is 2.56 bits per heavy atom. The van der Waals surface area contributed by atoms with Gasteiger partial charge in [0.1, 0.15) is 23.9 Å². The van der Waals surface area contributed by atoms with Crippen molar-refractivity contribution >= 4 is 22.5 Å². The maximum atomic E-state index is 14.7. The van der Waals surface area contributed by atoms with E-state index < -0.39 is 22.6 Å². The van der Waals surface area contributed by atoms with E-state index in [0.717, 1.165) is 45.6 Å². The normalized spacial score (nSPS) is 15.2. The van der Waals surface area contributed by atoms with Gasteiger partial charge in [0.15, 0.2) is 0 Å². The Bertz CT molecular complexity index is 1370. The molecule has 0 radical (unpaired) electrons. The second kappa shape index (κ2) is 12.6. The molecule has 2 N–H and O–H groups in total. The zero-order chi connectivity index (χ0) is 28.1. The van der Waals surface area contributed by atoms with Crippen LogP contribution in [0.4, 0.5) is 10.1 Å². The smallest absolute Gasteiger partial charge is 0.303 e. The van der Waals surface area contributed by atoms with Crippen molar-refractivity contribution in [2.45, 2.75) is 53.0 Å². The number of nitrogens with one attached hydrogen (secondary N) is 1. The number of carbonyl (C=O) groups is 1. The first-order chi connectivity index (χ1) is 18.7. The third-order valence-electron chi connectivity index (χ3n) is 7.05. The first-order valence-electron chi connectivity index (χ1n) is 13.3. The highest BCUT2D eigenvalue weighted by molar-refractivity contribution is 7.84. The number of carboxylic acids is 1. The number of anilines is 1. The van der Waals surface area contributed by atoms with E-state index in [4.69, 9.17) is 14.6 Å². The van der Waals surface area contributed by atoms with Gasteiger partial charge in [0.05, 0.1) is 18.3 Å². The molecule has 1 aliphatic heterocycles. The van der Waals surface area contributed by atoms with Crippen LogP contribution in [0, 0.1) is 26.6 Å².